The van der Waals surface area contributed by atoms with Gasteiger partial charge in [0.15, 0.2) is 0 Å². The number of halogens is 1. The first-order chi connectivity index (χ1) is 14.2. The maximum absolute atomic E-state index is 13.2. The molecule has 0 N–H and O–H groups in total. The molecule has 0 saturated heterocycles. The third-order valence-electron chi connectivity index (χ3n) is 4.13. The summed E-state index contributed by atoms with van der Waals surface area (Å²) in [5.74, 6) is 0.969. The lowest BCUT2D eigenvalue weighted by Gasteiger charge is -2.26. The Morgan fingerprint density at radius 1 is 0.900 bits per heavy atom. The predicted molar refractivity (Wildman–Crippen MR) is 116 cm³/mol. The molecule has 12 heteroatoms. The molecule has 1 unspecified atom stereocenters. The van der Waals surface area contributed by atoms with E-state index in [1.165, 1.54) is 68.8 Å². The van der Waals surface area contributed by atoms with Crippen LogP contribution in [0.2, 0.25) is 0 Å². The molecule has 0 spiro atoms. The summed E-state index contributed by atoms with van der Waals surface area (Å²) in [7, 11) is -6.75. The standard InChI is InChI=1S/C18H19ClN2O6S3/c1-26-15-3-7-17(8-4-15)29(22,23)20-28-13-14(19)11-12-21(28)30(24,25)18-9-5-16(27-2)6-10-18/h3-11H,12-13H2,1-2H3. The number of sulfonamides is 2. The highest BCUT2D eigenvalue weighted by molar-refractivity contribution is 8.06. The topological polar surface area (TPSA) is 102 Å². The van der Waals surface area contributed by atoms with E-state index < -0.39 is 30.9 Å². The smallest absolute Gasteiger partial charge is 0.289 e. The van der Waals surface area contributed by atoms with Crippen molar-refractivity contribution in [2.75, 3.05) is 26.5 Å². The van der Waals surface area contributed by atoms with Crippen molar-refractivity contribution in [1.82, 2.24) is 3.71 Å². The Bertz CT molecular complexity index is 1190. The molecule has 30 heavy (non-hydrogen) atoms. The monoisotopic (exact) mass is 490 g/mol. The van der Waals surface area contributed by atoms with Gasteiger partial charge in [0.05, 0.1) is 29.8 Å². The Morgan fingerprint density at radius 3 is 1.90 bits per heavy atom. The van der Waals surface area contributed by atoms with Gasteiger partial charge in [-0.2, -0.15) is 8.42 Å². The van der Waals surface area contributed by atoms with Crippen molar-refractivity contribution in [2.45, 2.75) is 9.79 Å². The lowest BCUT2D eigenvalue weighted by atomic mass is 10.3. The fraction of sp³-hybridized carbons (Fsp3) is 0.222. The Hall–Kier alpha value is -1.92. The van der Waals surface area contributed by atoms with Crippen LogP contribution in [0.1, 0.15) is 0 Å². The summed E-state index contributed by atoms with van der Waals surface area (Å²) in [6, 6.07) is 11.5. The normalized spacial score (nSPS) is 18.1. The highest BCUT2D eigenvalue weighted by Gasteiger charge is 2.32. The van der Waals surface area contributed by atoms with Crippen LogP contribution in [0.3, 0.4) is 0 Å². The van der Waals surface area contributed by atoms with Crippen molar-refractivity contribution >= 4 is 42.5 Å². The molecule has 1 heterocycles. The number of rotatable bonds is 6. The Kier molecular flexibility index (Phi) is 6.88. The molecule has 0 saturated carbocycles. The molecule has 1 aliphatic heterocycles. The van der Waals surface area contributed by atoms with Crippen molar-refractivity contribution in [2.24, 2.45) is 3.77 Å². The summed E-state index contributed by atoms with van der Waals surface area (Å²) in [5, 5.41) is 0.355. The molecule has 2 aromatic rings. The Balaban J connectivity index is 2.02. The van der Waals surface area contributed by atoms with Gasteiger partial charge in [0.25, 0.3) is 20.0 Å². The Labute approximate surface area is 183 Å². The van der Waals surface area contributed by atoms with Gasteiger partial charge >= 0.3 is 0 Å². The lowest BCUT2D eigenvalue weighted by molar-refractivity contribution is 0.414. The van der Waals surface area contributed by atoms with E-state index in [0.29, 0.717) is 16.5 Å². The summed E-state index contributed by atoms with van der Waals surface area (Å²) in [6.07, 6.45) is 1.53. The number of benzene rings is 2. The van der Waals surface area contributed by atoms with Crippen molar-refractivity contribution < 1.29 is 26.3 Å². The maximum Gasteiger partial charge on any atom is 0.289 e. The second-order valence-electron chi connectivity index (χ2n) is 6.03. The van der Waals surface area contributed by atoms with E-state index in [4.69, 9.17) is 21.1 Å². The molecule has 0 fully saturated rings. The number of ether oxygens (including phenoxy) is 2. The first-order valence-corrected chi connectivity index (χ1v) is 13.1. The minimum Gasteiger partial charge on any atom is -0.497 e. The largest absolute Gasteiger partial charge is 0.497 e. The van der Waals surface area contributed by atoms with Crippen LogP contribution in [0, 0.1) is 0 Å². The third-order valence-corrected chi connectivity index (χ3v) is 10.8. The molecular weight excluding hydrogens is 472 g/mol. The first kappa shape index (κ1) is 22.8. The van der Waals surface area contributed by atoms with E-state index in [1.54, 1.807) is 0 Å². The molecule has 0 radical (unpaired) electrons. The van der Waals surface area contributed by atoms with Crippen LogP contribution in [-0.2, 0) is 30.9 Å². The van der Waals surface area contributed by atoms with Gasteiger partial charge in [-0.05, 0) is 48.5 Å². The highest BCUT2D eigenvalue weighted by Crippen LogP contribution is 2.27. The van der Waals surface area contributed by atoms with Crippen LogP contribution in [0.4, 0.5) is 0 Å². The predicted octanol–water partition coefficient (Wildman–Crippen LogP) is 2.94. The number of hydrogen-bond acceptors (Lipinski definition) is 6. The van der Waals surface area contributed by atoms with Gasteiger partial charge in [0.1, 0.15) is 11.5 Å². The minimum atomic E-state index is -4.12. The molecule has 162 valence electrons. The van der Waals surface area contributed by atoms with Crippen molar-refractivity contribution in [3.8, 4) is 11.5 Å². The van der Waals surface area contributed by atoms with Gasteiger partial charge in [-0.1, -0.05) is 17.7 Å². The van der Waals surface area contributed by atoms with Gasteiger partial charge in [0.2, 0.25) is 0 Å². The van der Waals surface area contributed by atoms with E-state index in [1.807, 2.05) is 0 Å². The number of hydrogen-bond donors (Lipinski definition) is 0. The van der Waals surface area contributed by atoms with E-state index >= 15 is 0 Å². The fourth-order valence-electron chi connectivity index (χ4n) is 2.56. The van der Waals surface area contributed by atoms with Crippen LogP contribution in [0.15, 0.2) is 73.2 Å². The van der Waals surface area contributed by atoms with E-state index in [2.05, 4.69) is 3.77 Å². The van der Waals surface area contributed by atoms with Crippen LogP contribution in [0.5, 0.6) is 11.5 Å². The molecule has 8 nitrogen and oxygen atoms in total. The number of methoxy groups -OCH3 is 2. The Morgan fingerprint density at radius 2 is 1.40 bits per heavy atom. The average molecular weight is 491 g/mol. The maximum atomic E-state index is 13.2. The third kappa shape index (κ3) is 4.86. The zero-order valence-electron chi connectivity index (χ0n) is 16.1. The van der Waals surface area contributed by atoms with Crippen molar-refractivity contribution in [3.05, 3.63) is 59.6 Å². The lowest BCUT2D eigenvalue weighted by Crippen LogP contribution is -2.37. The van der Waals surface area contributed by atoms with Crippen molar-refractivity contribution in [3.63, 3.8) is 0 Å². The summed E-state index contributed by atoms with van der Waals surface area (Å²) in [6.45, 7) is -0.0854. The molecule has 0 aliphatic carbocycles. The molecule has 2 aromatic carbocycles. The van der Waals surface area contributed by atoms with Crippen LogP contribution < -0.4 is 9.47 Å². The summed E-state index contributed by atoms with van der Waals surface area (Å²) < 4.78 is 66.9. The van der Waals surface area contributed by atoms with Gasteiger partial charge in [-0.25, -0.2) is 8.42 Å². The zero-order chi connectivity index (χ0) is 21.9. The molecule has 3 rings (SSSR count). The minimum absolute atomic E-state index is 0.00395. The quantitative estimate of drug-likeness (QED) is 0.616. The van der Waals surface area contributed by atoms with Gasteiger partial charge in [-0.3, -0.25) is 0 Å². The first-order valence-electron chi connectivity index (χ1n) is 8.52. The van der Waals surface area contributed by atoms with Crippen LogP contribution in [0.25, 0.3) is 0 Å². The van der Waals surface area contributed by atoms with E-state index in [0.717, 1.165) is 3.71 Å². The molecule has 1 aliphatic rings. The second-order valence-corrected chi connectivity index (χ2v) is 12.0. The summed E-state index contributed by atoms with van der Waals surface area (Å²) in [5.41, 5.74) is 0. The van der Waals surface area contributed by atoms with Crippen LogP contribution >= 0.6 is 11.6 Å². The van der Waals surface area contributed by atoms with Gasteiger partial charge < -0.3 is 9.47 Å². The summed E-state index contributed by atoms with van der Waals surface area (Å²) >= 11 is 6.09. The zero-order valence-corrected chi connectivity index (χ0v) is 19.3. The van der Waals surface area contributed by atoms with Gasteiger partial charge in [0, 0.05) is 22.5 Å². The molecule has 0 bridgehead atoms. The van der Waals surface area contributed by atoms with E-state index in [-0.39, 0.29) is 22.1 Å². The average Bonchev–Trinajstić information content (AvgIpc) is 2.73. The highest BCUT2D eigenvalue weighted by atomic mass is 35.5. The van der Waals surface area contributed by atoms with Crippen molar-refractivity contribution in [1.29, 1.82) is 0 Å². The van der Waals surface area contributed by atoms with Gasteiger partial charge in [-0.15, -0.1) is 7.48 Å². The summed E-state index contributed by atoms with van der Waals surface area (Å²) in [4.78, 5) is -0.0625. The molecular formula is C18H19ClN2O6S3. The SMILES string of the molecule is COc1ccc(S(=O)(=O)N=S2CC(Cl)=CCN2S(=O)(=O)c2ccc(OC)cc2)cc1. The fourth-order valence-corrected chi connectivity index (χ4v) is 8.47. The number of nitrogens with zero attached hydrogens (tertiary/aromatic N) is 2. The molecule has 0 amide bonds. The van der Waals surface area contributed by atoms with Crippen LogP contribution in [-0.4, -0.2) is 47.1 Å². The second kappa shape index (κ2) is 9.06. The van der Waals surface area contributed by atoms with E-state index in [9.17, 15) is 16.8 Å². The molecule has 1 atom stereocenters. The molecule has 0 aromatic heterocycles.